The maximum Gasteiger partial charge on any atom is 0.101 e. The second-order valence-electron chi connectivity index (χ2n) is 3.48. The highest BCUT2D eigenvalue weighted by atomic mass is 79.9. The Labute approximate surface area is 110 Å². The van der Waals surface area contributed by atoms with E-state index in [2.05, 4.69) is 22.0 Å². The third-order valence-electron chi connectivity index (χ3n) is 2.35. The molecular weight excluding hydrogens is 284 g/mol. The Hall–Kier alpha value is -1.09. The first kappa shape index (κ1) is 14.0. The Morgan fingerprint density at radius 3 is 2.82 bits per heavy atom. The standard InChI is InChI=1S/C12H15BrN2O2/c1-17-7-5-15(4-6-16)12-3-2-11(13)8-10(12)9-14/h2-3,8,16H,4-7H2,1H3. The van der Waals surface area contributed by atoms with Crippen molar-refractivity contribution in [1.29, 1.82) is 5.26 Å². The molecule has 0 fully saturated rings. The molecule has 1 rings (SSSR count). The van der Waals surface area contributed by atoms with Crippen LogP contribution in [0.4, 0.5) is 5.69 Å². The van der Waals surface area contributed by atoms with E-state index >= 15 is 0 Å². The molecule has 0 amide bonds. The van der Waals surface area contributed by atoms with Crippen LogP contribution in [0.2, 0.25) is 0 Å². The van der Waals surface area contributed by atoms with Crippen LogP contribution in [-0.4, -0.2) is 38.5 Å². The molecule has 0 aliphatic rings. The predicted octanol–water partition coefficient (Wildman–Crippen LogP) is 1.77. The third kappa shape index (κ3) is 4.00. The molecule has 0 saturated carbocycles. The highest BCUT2D eigenvalue weighted by Crippen LogP contribution is 2.23. The third-order valence-corrected chi connectivity index (χ3v) is 2.85. The van der Waals surface area contributed by atoms with Crippen LogP contribution in [0.3, 0.4) is 0 Å². The van der Waals surface area contributed by atoms with Crippen molar-refractivity contribution in [2.24, 2.45) is 0 Å². The molecule has 1 aromatic rings. The Morgan fingerprint density at radius 2 is 2.24 bits per heavy atom. The van der Waals surface area contributed by atoms with Crippen molar-refractivity contribution < 1.29 is 9.84 Å². The summed E-state index contributed by atoms with van der Waals surface area (Å²) in [4.78, 5) is 1.94. The number of hydrogen-bond acceptors (Lipinski definition) is 4. The van der Waals surface area contributed by atoms with E-state index in [9.17, 15) is 0 Å². The number of benzene rings is 1. The van der Waals surface area contributed by atoms with Gasteiger partial charge in [-0.25, -0.2) is 0 Å². The molecule has 0 radical (unpaired) electrons. The molecule has 1 N–H and O–H groups in total. The zero-order valence-electron chi connectivity index (χ0n) is 9.69. The van der Waals surface area contributed by atoms with Crippen molar-refractivity contribution in [3.63, 3.8) is 0 Å². The number of methoxy groups -OCH3 is 1. The van der Waals surface area contributed by atoms with Crippen LogP contribution in [-0.2, 0) is 4.74 Å². The molecule has 5 heteroatoms. The maximum atomic E-state index is 9.09. The Kier molecular flexibility index (Phi) is 5.98. The van der Waals surface area contributed by atoms with E-state index in [1.54, 1.807) is 13.2 Å². The van der Waals surface area contributed by atoms with Gasteiger partial charge in [-0.15, -0.1) is 0 Å². The van der Waals surface area contributed by atoms with Crippen LogP contribution in [0.1, 0.15) is 5.56 Å². The molecule has 92 valence electrons. The number of aliphatic hydroxyl groups is 1. The van der Waals surface area contributed by atoms with Gasteiger partial charge in [0.15, 0.2) is 0 Å². The first-order valence-electron chi connectivity index (χ1n) is 5.27. The minimum absolute atomic E-state index is 0.0463. The van der Waals surface area contributed by atoms with Gasteiger partial charge in [-0.1, -0.05) is 15.9 Å². The molecule has 4 nitrogen and oxygen atoms in total. The fourth-order valence-electron chi connectivity index (χ4n) is 1.55. The average molecular weight is 299 g/mol. The first-order chi connectivity index (χ1) is 8.22. The monoisotopic (exact) mass is 298 g/mol. The first-order valence-corrected chi connectivity index (χ1v) is 6.06. The van der Waals surface area contributed by atoms with Crippen LogP contribution in [0.5, 0.6) is 0 Å². The van der Waals surface area contributed by atoms with Crippen molar-refractivity contribution >= 4 is 21.6 Å². The van der Waals surface area contributed by atoms with Gasteiger partial charge >= 0.3 is 0 Å². The van der Waals surface area contributed by atoms with Crippen LogP contribution in [0.15, 0.2) is 22.7 Å². The summed E-state index contributed by atoms with van der Waals surface area (Å²) in [6, 6.07) is 7.68. The quantitative estimate of drug-likeness (QED) is 0.869. The summed E-state index contributed by atoms with van der Waals surface area (Å²) in [6.45, 7) is 1.73. The largest absolute Gasteiger partial charge is 0.395 e. The molecule has 0 saturated heterocycles. The average Bonchev–Trinajstić information content (AvgIpc) is 2.34. The number of nitrogens with zero attached hydrogens (tertiary/aromatic N) is 2. The summed E-state index contributed by atoms with van der Waals surface area (Å²) in [5.74, 6) is 0. The zero-order chi connectivity index (χ0) is 12.7. The molecule has 0 atom stereocenters. The lowest BCUT2D eigenvalue weighted by atomic mass is 10.1. The highest BCUT2D eigenvalue weighted by molar-refractivity contribution is 9.10. The van der Waals surface area contributed by atoms with Gasteiger partial charge in [-0.3, -0.25) is 0 Å². The lowest BCUT2D eigenvalue weighted by Gasteiger charge is -2.24. The van der Waals surface area contributed by atoms with Crippen molar-refractivity contribution in [1.82, 2.24) is 0 Å². The number of hydrogen-bond donors (Lipinski definition) is 1. The minimum atomic E-state index is 0.0463. The molecule has 0 bridgehead atoms. The lowest BCUT2D eigenvalue weighted by molar-refractivity contribution is 0.203. The molecule has 0 aliphatic carbocycles. The number of anilines is 1. The van der Waals surface area contributed by atoms with Crippen molar-refractivity contribution in [3.05, 3.63) is 28.2 Å². The molecule has 1 aromatic carbocycles. The van der Waals surface area contributed by atoms with Crippen LogP contribution in [0, 0.1) is 11.3 Å². The molecule has 0 heterocycles. The lowest BCUT2D eigenvalue weighted by Crippen LogP contribution is -2.30. The number of rotatable bonds is 6. The Morgan fingerprint density at radius 1 is 1.47 bits per heavy atom. The van der Waals surface area contributed by atoms with Gasteiger partial charge in [0.1, 0.15) is 6.07 Å². The zero-order valence-corrected chi connectivity index (χ0v) is 11.3. The molecular formula is C12H15BrN2O2. The molecule has 0 spiro atoms. The maximum absolute atomic E-state index is 9.09. The summed E-state index contributed by atoms with van der Waals surface area (Å²) in [5.41, 5.74) is 1.41. The number of halogens is 1. The fourth-order valence-corrected chi connectivity index (χ4v) is 1.91. The van der Waals surface area contributed by atoms with Gasteiger partial charge in [0.05, 0.1) is 24.5 Å². The number of aliphatic hydroxyl groups excluding tert-OH is 1. The van der Waals surface area contributed by atoms with Crippen molar-refractivity contribution in [3.8, 4) is 6.07 Å². The van der Waals surface area contributed by atoms with Crippen molar-refractivity contribution in [2.45, 2.75) is 0 Å². The van der Waals surface area contributed by atoms with E-state index in [0.29, 0.717) is 25.3 Å². The van der Waals surface area contributed by atoms with E-state index in [4.69, 9.17) is 15.1 Å². The van der Waals surface area contributed by atoms with E-state index < -0.39 is 0 Å². The van der Waals surface area contributed by atoms with E-state index in [1.165, 1.54) is 0 Å². The SMILES string of the molecule is COCCN(CCO)c1ccc(Br)cc1C#N. The van der Waals surface area contributed by atoms with E-state index in [1.807, 2.05) is 17.0 Å². The summed E-state index contributed by atoms with van der Waals surface area (Å²) in [6.07, 6.45) is 0. The van der Waals surface area contributed by atoms with Gasteiger partial charge in [-0.2, -0.15) is 5.26 Å². The van der Waals surface area contributed by atoms with Crippen LogP contribution in [0.25, 0.3) is 0 Å². The van der Waals surface area contributed by atoms with Crippen LogP contribution >= 0.6 is 15.9 Å². The van der Waals surface area contributed by atoms with E-state index in [-0.39, 0.29) is 6.61 Å². The second-order valence-corrected chi connectivity index (χ2v) is 4.39. The predicted molar refractivity (Wildman–Crippen MR) is 70.0 cm³/mol. The minimum Gasteiger partial charge on any atom is -0.395 e. The molecule has 0 aliphatic heterocycles. The summed E-state index contributed by atoms with van der Waals surface area (Å²) >= 11 is 3.33. The normalized spacial score (nSPS) is 10.0. The highest BCUT2D eigenvalue weighted by Gasteiger charge is 2.11. The molecule has 0 unspecified atom stereocenters. The molecule has 17 heavy (non-hydrogen) atoms. The van der Waals surface area contributed by atoms with Gasteiger partial charge in [0.25, 0.3) is 0 Å². The topological polar surface area (TPSA) is 56.5 Å². The summed E-state index contributed by atoms with van der Waals surface area (Å²) < 4.78 is 5.89. The van der Waals surface area contributed by atoms with Gasteiger partial charge < -0.3 is 14.7 Å². The van der Waals surface area contributed by atoms with Crippen LogP contribution < -0.4 is 4.90 Å². The summed E-state index contributed by atoms with van der Waals surface area (Å²) in [7, 11) is 1.63. The number of ether oxygens (including phenoxy) is 1. The van der Waals surface area contributed by atoms with E-state index in [0.717, 1.165) is 10.2 Å². The van der Waals surface area contributed by atoms with Crippen molar-refractivity contribution in [2.75, 3.05) is 38.3 Å². The second kappa shape index (κ2) is 7.28. The van der Waals surface area contributed by atoms with Gasteiger partial charge in [0, 0.05) is 24.7 Å². The number of nitriles is 1. The fraction of sp³-hybridized carbons (Fsp3) is 0.417. The van der Waals surface area contributed by atoms with Gasteiger partial charge in [0.2, 0.25) is 0 Å². The Balaban J connectivity index is 2.96. The Bertz CT molecular complexity index is 404. The van der Waals surface area contributed by atoms with Gasteiger partial charge in [-0.05, 0) is 18.2 Å². The molecule has 0 aromatic heterocycles. The smallest absolute Gasteiger partial charge is 0.101 e. The summed E-state index contributed by atoms with van der Waals surface area (Å²) in [5, 5.41) is 18.1.